The Morgan fingerprint density at radius 2 is 1.86 bits per heavy atom. The number of aromatic nitrogens is 2. The van der Waals surface area contributed by atoms with Crippen molar-refractivity contribution in [3.63, 3.8) is 0 Å². The van der Waals surface area contributed by atoms with E-state index in [2.05, 4.69) is 28.9 Å². The Labute approximate surface area is 208 Å². The van der Waals surface area contributed by atoms with Gasteiger partial charge in [-0.2, -0.15) is 0 Å². The normalized spacial score (nSPS) is 24.9. The number of rotatable bonds is 6. The van der Waals surface area contributed by atoms with Crippen LogP contribution < -0.4 is 5.32 Å². The van der Waals surface area contributed by atoms with Crippen molar-refractivity contribution >= 4 is 5.91 Å². The van der Waals surface area contributed by atoms with Gasteiger partial charge in [0.2, 0.25) is 0 Å². The monoisotopic (exact) mass is 472 g/mol. The molecule has 2 unspecified atom stereocenters. The van der Waals surface area contributed by atoms with Gasteiger partial charge in [-0.25, -0.2) is 4.98 Å². The molecule has 1 aliphatic carbocycles. The van der Waals surface area contributed by atoms with E-state index in [0.717, 1.165) is 56.5 Å². The number of carbonyl (C=O) groups is 1. The fourth-order valence-electron chi connectivity index (χ4n) is 5.88. The third-order valence-electron chi connectivity index (χ3n) is 7.87. The summed E-state index contributed by atoms with van der Waals surface area (Å²) in [4.78, 5) is 20.8. The van der Waals surface area contributed by atoms with E-state index in [1.54, 1.807) is 6.33 Å². The average molecular weight is 473 g/mol. The topological polar surface area (TPSA) is 70.4 Å². The standard InChI is InChI=1S/C29H36N4O2/c1-2-29(35)16-10-9-15-25(29)33-21-31-26(27(33)23-13-7-4-8-14-23)28(34)32-18-17-30-20-24(32)19-22-11-5-3-6-12-22/h3-8,11-14,21,24-25,30,35H,2,9-10,15-20H2,1H3/t24-,25?,29?/m1/s1. The van der Waals surface area contributed by atoms with Gasteiger partial charge in [0.25, 0.3) is 5.91 Å². The van der Waals surface area contributed by atoms with Gasteiger partial charge < -0.3 is 19.9 Å². The molecular weight excluding hydrogens is 436 g/mol. The molecule has 184 valence electrons. The van der Waals surface area contributed by atoms with E-state index in [4.69, 9.17) is 4.98 Å². The number of hydrogen-bond acceptors (Lipinski definition) is 4. The lowest BCUT2D eigenvalue weighted by Crippen LogP contribution is -2.54. The molecule has 0 bridgehead atoms. The summed E-state index contributed by atoms with van der Waals surface area (Å²) in [5, 5.41) is 15.0. The molecule has 5 rings (SSSR count). The van der Waals surface area contributed by atoms with E-state index in [1.807, 2.05) is 53.4 Å². The molecule has 1 saturated carbocycles. The fraction of sp³-hybridized carbons (Fsp3) is 0.448. The van der Waals surface area contributed by atoms with E-state index in [9.17, 15) is 9.90 Å². The minimum absolute atomic E-state index is 0.0270. The van der Waals surface area contributed by atoms with Gasteiger partial charge in [0.1, 0.15) is 0 Å². The van der Waals surface area contributed by atoms with Crippen LogP contribution in [-0.4, -0.2) is 56.7 Å². The molecule has 3 aromatic rings. The number of amides is 1. The largest absolute Gasteiger partial charge is 0.388 e. The van der Waals surface area contributed by atoms with Crippen LogP contribution in [-0.2, 0) is 6.42 Å². The minimum Gasteiger partial charge on any atom is -0.388 e. The van der Waals surface area contributed by atoms with E-state index in [-0.39, 0.29) is 18.0 Å². The average Bonchev–Trinajstić information content (AvgIpc) is 3.35. The quantitative estimate of drug-likeness (QED) is 0.556. The predicted molar refractivity (Wildman–Crippen MR) is 138 cm³/mol. The van der Waals surface area contributed by atoms with Gasteiger partial charge in [0, 0.05) is 31.2 Å². The first-order valence-electron chi connectivity index (χ1n) is 13.0. The Bertz CT molecular complexity index is 1130. The van der Waals surface area contributed by atoms with Crippen LogP contribution in [0.15, 0.2) is 67.0 Å². The van der Waals surface area contributed by atoms with Crippen molar-refractivity contribution in [1.29, 1.82) is 0 Å². The highest BCUT2D eigenvalue weighted by atomic mass is 16.3. The minimum atomic E-state index is -0.784. The maximum atomic E-state index is 14.1. The summed E-state index contributed by atoms with van der Waals surface area (Å²) in [7, 11) is 0. The molecule has 0 radical (unpaired) electrons. The van der Waals surface area contributed by atoms with Crippen molar-refractivity contribution in [3.05, 3.63) is 78.2 Å². The van der Waals surface area contributed by atoms with E-state index < -0.39 is 5.60 Å². The summed E-state index contributed by atoms with van der Waals surface area (Å²) in [6.07, 6.45) is 7.05. The van der Waals surface area contributed by atoms with Gasteiger partial charge in [-0.1, -0.05) is 80.4 Å². The van der Waals surface area contributed by atoms with Crippen molar-refractivity contribution in [3.8, 4) is 11.3 Å². The third-order valence-corrected chi connectivity index (χ3v) is 7.87. The number of benzene rings is 2. The van der Waals surface area contributed by atoms with Crippen LogP contribution in [0.4, 0.5) is 0 Å². The zero-order valence-electron chi connectivity index (χ0n) is 20.6. The Hall–Kier alpha value is -2.96. The van der Waals surface area contributed by atoms with Gasteiger partial charge in [-0.3, -0.25) is 4.79 Å². The summed E-state index contributed by atoms with van der Waals surface area (Å²) >= 11 is 0. The molecule has 2 N–H and O–H groups in total. The number of piperazine rings is 1. The number of carbonyl (C=O) groups excluding carboxylic acids is 1. The second-order valence-electron chi connectivity index (χ2n) is 9.98. The third kappa shape index (κ3) is 4.78. The lowest BCUT2D eigenvalue weighted by molar-refractivity contribution is -0.0439. The maximum Gasteiger partial charge on any atom is 0.275 e. The zero-order valence-corrected chi connectivity index (χ0v) is 20.6. The summed E-state index contributed by atoms with van der Waals surface area (Å²) in [6.45, 7) is 4.25. The molecule has 1 amide bonds. The van der Waals surface area contributed by atoms with Gasteiger partial charge in [-0.15, -0.1) is 0 Å². The lowest BCUT2D eigenvalue weighted by Gasteiger charge is -2.41. The van der Waals surface area contributed by atoms with Crippen molar-refractivity contribution in [2.45, 2.75) is 63.1 Å². The highest BCUT2D eigenvalue weighted by Crippen LogP contribution is 2.42. The zero-order chi connectivity index (χ0) is 24.3. The summed E-state index contributed by atoms with van der Waals surface area (Å²) in [5.74, 6) is -0.0270. The van der Waals surface area contributed by atoms with Gasteiger partial charge >= 0.3 is 0 Å². The second-order valence-corrected chi connectivity index (χ2v) is 9.98. The van der Waals surface area contributed by atoms with Crippen LogP contribution in [0, 0.1) is 0 Å². The first-order chi connectivity index (χ1) is 17.1. The van der Waals surface area contributed by atoms with Crippen molar-refractivity contribution in [2.24, 2.45) is 0 Å². The van der Waals surface area contributed by atoms with E-state index >= 15 is 0 Å². The van der Waals surface area contributed by atoms with E-state index in [1.165, 1.54) is 5.56 Å². The Kier molecular flexibility index (Phi) is 7.02. The van der Waals surface area contributed by atoms with Gasteiger partial charge in [-0.05, 0) is 31.2 Å². The van der Waals surface area contributed by atoms with Crippen molar-refractivity contribution in [1.82, 2.24) is 19.8 Å². The van der Waals surface area contributed by atoms with Crippen LogP contribution >= 0.6 is 0 Å². The van der Waals surface area contributed by atoms with Crippen molar-refractivity contribution < 1.29 is 9.90 Å². The van der Waals surface area contributed by atoms with Crippen LogP contribution in [0.3, 0.4) is 0 Å². The molecule has 1 saturated heterocycles. The second kappa shape index (κ2) is 10.3. The highest BCUT2D eigenvalue weighted by molar-refractivity contribution is 5.98. The van der Waals surface area contributed by atoms with E-state index in [0.29, 0.717) is 18.7 Å². The molecule has 35 heavy (non-hydrogen) atoms. The maximum absolute atomic E-state index is 14.1. The number of aliphatic hydroxyl groups is 1. The molecule has 0 spiro atoms. The molecule has 6 heteroatoms. The molecule has 6 nitrogen and oxygen atoms in total. The van der Waals surface area contributed by atoms with Crippen LogP contribution in [0.1, 0.15) is 61.1 Å². The number of hydrogen-bond donors (Lipinski definition) is 2. The summed E-state index contributed by atoms with van der Waals surface area (Å²) < 4.78 is 2.10. The van der Waals surface area contributed by atoms with Crippen LogP contribution in [0.5, 0.6) is 0 Å². The first-order valence-corrected chi connectivity index (χ1v) is 13.0. The molecule has 2 aliphatic rings. The smallest absolute Gasteiger partial charge is 0.275 e. The predicted octanol–water partition coefficient (Wildman–Crippen LogP) is 4.46. The van der Waals surface area contributed by atoms with Crippen LogP contribution in [0.2, 0.25) is 0 Å². The molecular formula is C29H36N4O2. The number of imidazole rings is 1. The Morgan fingerprint density at radius 1 is 1.11 bits per heavy atom. The molecule has 3 atom stereocenters. The fourth-order valence-corrected chi connectivity index (χ4v) is 5.88. The Morgan fingerprint density at radius 3 is 2.60 bits per heavy atom. The molecule has 2 heterocycles. The summed E-state index contributed by atoms with van der Waals surface area (Å²) in [6, 6.07) is 20.4. The number of nitrogens with zero attached hydrogens (tertiary/aromatic N) is 3. The molecule has 2 fully saturated rings. The van der Waals surface area contributed by atoms with Gasteiger partial charge in [0.05, 0.1) is 23.7 Å². The Balaban J connectivity index is 1.53. The highest BCUT2D eigenvalue weighted by Gasteiger charge is 2.41. The summed E-state index contributed by atoms with van der Waals surface area (Å²) in [5.41, 5.74) is 2.72. The number of nitrogens with one attached hydrogen (secondary N) is 1. The first kappa shape index (κ1) is 23.8. The molecule has 1 aromatic heterocycles. The lowest BCUT2D eigenvalue weighted by atomic mass is 9.78. The van der Waals surface area contributed by atoms with Crippen LogP contribution in [0.25, 0.3) is 11.3 Å². The molecule has 1 aliphatic heterocycles. The SMILES string of the molecule is CCC1(O)CCCCC1n1cnc(C(=O)N2CCNC[C@H]2Cc2ccccc2)c1-c1ccccc1. The molecule has 2 aromatic carbocycles. The van der Waals surface area contributed by atoms with Gasteiger partial charge in [0.15, 0.2) is 5.69 Å². The van der Waals surface area contributed by atoms with Crippen molar-refractivity contribution in [2.75, 3.05) is 19.6 Å².